The number of hydrogen-bond donors (Lipinski definition) is 0. The van der Waals surface area contributed by atoms with Crippen LogP contribution >= 0.6 is 11.5 Å². The Morgan fingerprint density at radius 1 is 1.25 bits per heavy atom. The van der Waals surface area contributed by atoms with Crippen LogP contribution in [0.2, 0.25) is 0 Å². The van der Waals surface area contributed by atoms with Crippen LogP contribution in [0.3, 0.4) is 0 Å². The smallest absolute Gasteiger partial charge is 0.433 e. The second-order valence-corrected chi connectivity index (χ2v) is 8.52. The molecule has 5 nitrogen and oxygen atoms in total. The Morgan fingerprint density at radius 2 is 2.03 bits per heavy atom. The summed E-state index contributed by atoms with van der Waals surface area (Å²) in [5.41, 5.74) is 0.788. The number of anilines is 1. The van der Waals surface area contributed by atoms with E-state index in [0.717, 1.165) is 11.6 Å². The molecule has 1 saturated heterocycles. The van der Waals surface area contributed by atoms with Gasteiger partial charge in [0.05, 0.1) is 12.7 Å². The number of nitrogens with zero attached hydrogens (tertiary/aromatic N) is 3. The molecule has 1 aliphatic heterocycles. The average Bonchev–Trinajstić information content (AvgIpc) is 3.46. The maximum absolute atomic E-state index is 12.9. The van der Waals surface area contributed by atoms with Crippen molar-refractivity contribution in [3.8, 4) is 5.75 Å². The number of rotatable bonds is 7. The molecule has 0 bridgehead atoms. The molecule has 1 aromatic carbocycles. The second-order valence-electron chi connectivity index (χ2n) is 7.86. The second kappa shape index (κ2) is 9.28. The molecule has 1 fully saturated rings. The van der Waals surface area contributed by atoms with Gasteiger partial charge in [-0.3, -0.25) is 4.79 Å². The van der Waals surface area contributed by atoms with Crippen LogP contribution in [0, 0.1) is 0 Å². The molecule has 3 aromatic rings. The van der Waals surface area contributed by atoms with E-state index in [1.807, 2.05) is 31.2 Å². The first-order valence-electron chi connectivity index (χ1n) is 10.3. The van der Waals surface area contributed by atoms with Crippen molar-refractivity contribution < 1.29 is 22.7 Å². The van der Waals surface area contributed by atoms with E-state index in [0.29, 0.717) is 43.1 Å². The summed E-state index contributed by atoms with van der Waals surface area (Å²) in [6.07, 6.45) is -1.91. The van der Waals surface area contributed by atoms with Crippen LogP contribution < -0.4 is 9.64 Å². The van der Waals surface area contributed by atoms with Gasteiger partial charge in [-0.05, 0) is 47.3 Å². The number of Topliss-reactive ketones (excluding diaryl/α,β-unsaturated/α-hetero) is 1. The lowest BCUT2D eigenvalue weighted by molar-refractivity contribution is -0.141. The molecule has 4 rings (SSSR count). The van der Waals surface area contributed by atoms with Crippen molar-refractivity contribution in [2.24, 2.45) is 0 Å². The molecule has 9 heteroatoms. The highest BCUT2D eigenvalue weighted by Gasteiger charge is 2.33. The molecule has 0 radical (unpaired) electrons. The number of carbonyl (C=O) groups is 1. The van der Waals surface area contributed by atoms with Crippen molar-refractivity contribution in [1.82, 2.24) is 9.36 Å². The topological polar surface area (TPSA) is 55.3 Å². The third-order valence-electron chi connectivity index (χ3n) is 5.49. The Labute approximate surface area is 188 Å². The van der Waals surface area contributed by atoms with E-state index in [1.54, 1.807) is 22.5 Å². The minimum atomic E-state index is -4.46. The number of hydrogen-bond acceptors (Lipinski definition) is 6. The highest BCUT2D eigenvalue weighted by molar-refractivity contribution is 7.03. The Bertz CT molecular complexity index is 1060. The van der Waals surface area contributed by atoms with Crippen LogP contribution in [0.25, 0.3) is 0 Å². The maximum atomic E-state index is 12.9. The lowest BCUT2D eigenvalue weighted by atomic mass is 9.94. The molecule has 0 aliphatic carbocycles. The van der Waals surface area contributed by atoms with E-state index in [2.05, 4.69) is 9.36 Å². The van der Waals surface area contributed by atoms with E-state index < -0.39 is 11.9 Å². The van der Waals surface area contributed by atoms with Crippen LogP contribution in [0.15, 0.2) is 54.0 Å². The lowest BCUT2D eigenvalue weighted by Gasteiger charge is -2.19. The summed E-state index contributed by atoms with van der Waals surface area (Å²) < 4.78 is 48.8. The number of carbonyl (C=O) groups excluding carboxylic acids is 1. The summed E-state index contributed by atoms with van der Waals surface area (Å²) in [5.74, 6) is 1.13. The molecule has 2 atom stereocenters. The van der Waals surface area contributed by atoms with Gasteiger partial charge in [0.1, 0.15) is 23.4 Å². The van der Waals surface area contributed by atoms with E-state index >= 15 is 0 Å². The number of ether oxygens (including phenoxy) is 1. The Kier molecular flexibility index (Phi) is 6.45. The number of aromatic nitrogens is 2. The summed E-state index contributed by atoms with van der Waals surface area (Å²) >= 11 is 1.26. The molecule has 32 heavy (non-hydrogen) atoms. The Hall–Kier alpha value is -2.94. The summed E-state index contributed by atoms with van der Waals surface area (Å²) in [5, 5.41) is 1.76. The van der Waals surface area contributed by atoms with Gasteiger partial charge in [0.15, 0.2) is 5.78 Å². The zero-order valence-corrected chi connectivity index (χ0v) is 18.2. The van der Waals surface area contributed by atoms with E-state index in [4.69, 9.17) is 4.74 Å². The molecule has 0 amide bonds. The number of ketones is 1. The fraction of sp³-hybridized carbons (Fsp3) is 0.348. The molecule has 2 aromatic heterocycles. The molecule has 0 N–H and O–H groups in total. The predicted molar refractivity (Wildman–Crippen MR) is 116 cm³/mol. The first-order valence-corrected chi connectivity index (χ1v) is 11.1. The van der Waals surface area contributed by atoms with Crippen molar-refractivity contribution in [2.75, 3.05) is 18.0 Å². The molecule has 1 aliphatic rings. The van der Waals surface area contributed by atoms with Crippen molar-refractivity contribution in [3.63, 3.8) is 0 Å². The third kappa shape index (κ3) is 5.27. The maximum Gasteiger partial charge on any atom is 0.433 e. The zero-order chi connectivity index (χ0) is 22.7. The molecule has 3 heterocycles. The molecule has 0 spiro atoms. The van der Waals surface area contributed by atoms with Gasteiger partial charge in [0.25, 0.3) is 0 Å². The molecule has 1 unspecified atom stereocenters. The summed E-state index contributed by atoms with van der Waals surface area (Å²) in [6, 6.07) is 11.6. The number of benzene rings is 1. The summed E-state index contributed by atoms with van der Waals surface area (Å²) in [4.78, 5) is 17.8. The van der Waals surface area contributed by atoms with E-state index in [-0.39, 0.29) is 17.8 Å². The van der Waals surface area contributed by atoms with Crippen LogP contribution in [0.1, 0.15) is 47.3 Å². The van der Waals surface area contributed by atoms with Gasteiger partial charge < -0.3 is 9.64 Å². The fourth-order valence-corrected chi connectivity index (χ4v) is 4.25. The number of alkyl halides is 3. The first-order chi connectivity index (χ1) is 15.3. The van der Waals surface area contributed by atoms with Gasteiger partial charge in [-0.1, -0.05) is 25.1 Å². The van der Waals surface area contributed by atoms with Gasteiger partial charge in [-0.25, -0.2) is 9.36 Å². The molecular formula is C23H22F3N3O2S. The highest BCUT2D eigenvalue weighted by Crippen LogP contribution is 2.30. The van der Waals surface area contributed by atoms with E-state index in [1.165, 1.54) is 17.6 Å². The number of halogens is 3. The normalized spacial score (nSPS) is 17.4. The molecular weight excluding hydrogens is 439 g/mol. The van der Waals surface area contributed by atoms with Crippen LogP contribution in [0.5, 0.6) is 5.75 Å². The van der Waals surface area contributed by atoms with Crippen LogP contribution in [-0.4, -0.2) is 34.3 Å². The lowest BCUT2D eigenvalue weighted by Crippen LogP contribution is -2.25. The van der Waals surface area contributed by atoms with Crippen LogP contribution in [-0.2, 0) is 6.18 Å². The van der Waals surface area contributed by atoms with Gasteiger partial charge >= 0.3 is 6.18 Å². The van der Waals surface area contributed by atoms with E-state index in [9.17, 15) is 18.0 Å². The SMILES string of the molecule is C[C@H](CC(=O)c1cnsc1)c1ccc(OC2CCN(c3cccc(C(F)(F)F)n3)C2)cc1. The molecule has 0 saturated carbocycles. The van der Waals surface area contributed by atoms with Crippen molar-refractivity contribution in [3.05, 3.63) is 70.9 Å². The largest absolute Gasteiger partial charge is 0.489 e. The van der Waals surface area contributed by atoms with Gasteiger partial charge in [-0.2, -0.15) is 13.2 Å². The van der Waals surface area contributed by atoms with Crippen molar-refractivity contribution in [2.45, 2.75) is 38.0 Å². The van der Waals surface area contributed by atoms with Gasteiger partial charge in [-0.15, -0.1) is 0 Å². The average molecular weight is 462 g/mol. The van der Waals surface area contributed by atoms with Crippen molar-refractivity contribution in [1.29, 1.82) is 0 Å². The summed E-state index contributed by atoms with van der Waals surface area (Å²) in [7, 11) is 0. The summed E-state index contributed by atoms with van der Waals surface area (Å²) in [6.45, 7) is 3.05. The first kappa shape index (κ1) is 22.3. The minimum absolute atomic E-state index is 0.0606. The van der Waals surface area contributed by atoms with Gasteiger partial charge in [0, 0.05) is 30.3 Å². The fourth-order valence-electron chi connectivity index (χ4n) is 3.71. The standard InChI is InChI=1S/C23H22F3N3O2S/c1-15(11-20(30)17-12-27-32-14-17)16-5-7-18(8-6-16)31-19-9-10-29(13-19)22-4-2-3-21(28-22)23(24,25)26/h2-8,12,14-15,19H,9-11,13H2,1H3/t15-,19?/m1/s1. The van der Waals surface area contributed by atoms with Crippen LogP contribution in [0.4, 0.5) is 19.0 Å². The Balaban J connectivity index is 1.33. The quantitative estimate of drug-likeness (QED) is 0.429. The minimum Gasteiger partial charge on any atom is -0.489 e. The number of pyridine rings is 1. The predicted octanol–water partition coefficient (Wildman–Crippen LogP) is 5.59. The monoisotopic (exact) mass is 461 g/mol. The highest BCUT2D eigenvalue weighted by atomic mass is 32.1. The Morgan fingerprint density at radius 3 is 2.72 bits per heavy atom. The van der Waals surface area contributed by atoms with Gasteiger partial charge in [0.2, 0.25) is 0 Å². The van der Waals surface area contributed by atoms with Crippen molar-refractivity contribution >= 4 is 23.1 Å². The zero-order valence-electron chi connectivity index (χ0n) is 17.4. The third-order valence-corrected chi connectivity index (χ3v) is 6.08. The molecule has 168 valence electrons.